The Morgan fingerprint density at radius 3 is 2.57 bits per heavy atom. The van der Waals surface area contributed by atoms with Crippen LogP contribution in [0.15, 0.2) is 36.4 Å². The van der Waals surface area contributed by atoms with Crippen molar-refractivity contribution in [1.29, 1.82) is 0 Å². The van der Waals surface area contributed by atoms with E-state index >= 15 is 0 Å². The zero-order valence-corrected chi connectivity index (χ0v) is 11.8. The normalized spacial score (nSPS) is 12.0. The third-order valence-electron chi connectivity index (χ3n) is 2.84. The Morgan fingerprint density at radius 1 is 1.29 bits per heavy atom. The summed E-state index contributed by atoms with van der Waals surface area (Å²) in [5.74, 6) is -1.04. The number of nitro benzene ring substituents is 1. The van der Waals surface area contributed by atoms with Gasteiger partial charge in [0, 0.05) is 17.7 Å². The van der Waals surface area contributed by atoms with Crippen LogP contribution in [-0.4, -0.2) is 4.92 Å². The molecule has 7 heteroatoms. The van der Waals surface area contributed by atoms with Crippen molar-refractivity contribution in [2.24, 2.45) is 5.73 Å². The van der Waals surface area contributed by atoms with E-state index in [-0.39, 0.29) is 22.2 Å². The molecule has 0 spiro atoms. The minimum atomic E-state index is -0.668. The van der Waals surface area contributed by atoms with Gasteiger partial charge in [-0.05, 0) is 19.1 Å². The molecule has 0 aliphatic heterocycles. The lowest BCUT2D eigenvalue weighted by atomic mass is 10.1. The zero-order chi connectivity index (χ0) is 15.6. The van der Waals surface area contributed by atoms with Crippen molar-refractivity contribution in [3.63, 3.8) is 0 Å². The first kappa shape index (κ1) is 15.2. The van der Waals surface area contributed by atoms with Crippen molar-refractivity contribution in [2.75, 3.05) is 0 Å². The Bertz CT molecular complexity index is 692. The van der Waals surface area contributed by atoms with Crippen molar-refractivity contribution in [3.05, 3.63) is 62.9 Å². The van der Waals surface area contributed by atoms with E-state index in [2.05, 4.69) is 0 Å². The molecule has 2 rings (SSSR count). The SMILES string of the molecule is C[C@@H](N)c1cccc(F)c1Oc1c(Cl)cccc1[N+](=O)[O-]. The molecule has 2 N–H and O–H groups in total. The molecular formula is C14H12ClFN2O3. The number of nitrogens with two attached hydrogens (primary N) is 1. The van der Waals surface area contributed by atoms with E-state index in [1.165, 1.54) is 30.3 Å². The molecule has 110 valence electrons. The zero-order valence-electron chi connectivity index (χ0n) is 11.0. The van der Waals surface area contributed by atoms with Crippen LogP contribution in [0.3, 0.4) is 0 Å². The summed E-state index contributed by atoms with van der Waals surface area (Å²) in [6, 6.07) is 7.83. The first-order valence-corrected chi connectivity index (χ1v) is 6.44. The lowest BCUT2D eigenvalue weighted by molar-refractivity contribution is -0.385. The maximum Gasteiger partial charge on any atom is 0.313 e. The molecule has 0 aliphatic rings. The van der Waals surface area contributed by atoms with Crippen molar-refractivity contribution in [3.8, 4) is 11.5 Å². The number of benzene rings is 2. The maximum atomic E-state index is 14.0. The Hall–Kier alpha value is -2.18. The molecule has 0 heterocycles. The minimum absolute atomic E-state index is 0.0167. The largest absolute Gasteiger partial charge is 0.445 e. The highest BCUT2D eigenvalue weighted by Gasteiger charge is 2.22. The van der Waals surface area contributed by atoms with E-state index in [0.29, 0.717) is 5.56 Å². The number of halogens is 2. The lowest BCUT2D eigenvalue weighted by Gasteiger charge is -2.15. The molecule has 1 atom stereocenters. The number of nitro groups is 1. The second kappa shape index (κ2) is 6.07. The molecular weight excluding hydrogens is 299 g/mol. The molecule has 0 saturated carbocycles. The third-order valence-corrected chi connectivity index (χ3v) is 3.13. The summed E-state index contributed by atoms with van der Waals surface area (Å²) >= 11 is 5.92. The quantitative estimate of drug-likeness (QED) is 0.678. The first-order valence-electron chi connectivity index (χ1n) is 6.06. The second-order valence-corrected chi connectivity index (χ2v) is 4.80. The van der Waals surface area contributed by atoms with Crippen molar-refractivity contribution >= 4 is 17.3 Å². The van der Waals surface area contributed by atoms with Gasteiger partial charge >= 0.3 is 5.69 Å². The molecule has 2 aromatic carbocycles. The van der Waals surface area contributed by atoms with Gasteiger partial charge < -0.3 is 10.5 Å². The molecule has 5 nitrogen and oxygen atoms in total. The molecule has 0 radical (unpaired) electrons. The van der Waals surface area contributed by atoms with E-state index in [4.69, 9.17) is 22.1 Å². The fraction of sp³-hybridized carbons (Fsp3) is 0.143. The van der Waals surface area contributed by atoms with Crippen LogP contribution in [0.4, 0.5) is 10.1 Å². The predicted octanol–water partition coefficient (Wildman–Crippen LogP) is 4.20. The summed E-state index contributed by atoms with van der Waals surface area (Å²) in [7, 11) is 0. The van der Waals surface area contributed by atoms with Crippen LogP contribution < -0.4 is 10.5 Å². The number of hydrogen-bond donors (Lipinski definition) is 1. The lowest BCUT2D eigenvalue weighted by Crippen LogP contribution is -2.08. The monoisotopic (exact) mass is 310 g/mol. The van der Waals surface area contributed by atoms with E-state index in [1.54, 1.807) is 13.0 Å². The van der Waals surface area contributed by atoms with Crippen LogP contribution in [0.1, 0.15) is 18.5 Å². The molecule has 0 aromatic heterocycles. The van der Waals surface area contributed by atoms with Gasteiger partial charge in [0.05, 0.1) is 9.95 Å². The van der Waals surface area contributed by atoms with Crippen molar-refractivity contribution in [1.82, 2.24) is 0 Å². The third kappa shape index (κ3) is 3.12. The molecule has 21 heavy (non-hydrogen) atoms. The van der Waals surface area contributed by atoms with Crippen LogP contribution in [-0.2, 0) is 0 Å². The molecule has 0 unspecified atom stereocenters. The first-order chi connectivity index (χ1) is 9.91. The van der Waals surface area contributed by atoms with Crippen LogP contribution in [0.5, 0.6) is 11.5 Å². The van der Waals surface area contributed by atoms with Crippen molar-refractivity contribution < 1.29 is 14.1 Å². The Morgan fingerprint density at radius 2 is 1.95 bits per heavy atom. The average Bonchev–Trinajstić information content (AvgIpc) is 2.42. The van der Waals surface area contributed by atoms with Gasteiger partial charge in [0.15, 0.2) is 11.6 Å². The topological polar surface area (TPSA) is 78.4 Å². The van der Waals surface area contributed by atoms with Gasteiger partial charge in [-0.15, -0.1) is 0 Å². The van der Waals surface area contributed by atoms with Gasteiger partial charge in [0.2, 0.25) is 5.75 Å². The summed E-state index contributed by atoms with van der Waals surface area (Å²) in [4.78, 5) is 10.4. The molecule has 0 amide bonds. The van der Waals surface area contributed by atoms with Gasteiger partial charge in [-0.3, -0.25) is 10.1 Å². The number of ether oxygens (including phenoxy) is 1. The number of nitrogens with zero attached hydrogens (tertiary/aromatic N) is 1. The Kier molecular flexibility index (Phi) is 4.40. The van der Waals surface area contributed by atoms with E-state index in [9.17, 15) is 14.5 Å². The fourth-order valence-corrected chi connectivity index (χ4v) is 2.04. The van der Waals surface area contributed by atoms with Gasteiger partial charge in [-0.1, -0.05) is 29.8 Å². The maximum absolute atomic E-state index is 14.0. The predicted molar refractivity (Wildman–Crippen MR) is 77.2 cm³/mol. The molecule has 0 saturated heterocycles. The smallest absolute Gasteiger partial charge is 0.313 e. The minimum Gasteiger partial charge on any atom is -0.445 e. The molecule has 0 bridgehead atoms. The average molecular weight is 311 g/mol. The molecule has 0 fully saturated rings. The number of rotatable bonds is 4. The summed E-state index contributed by atoms with van der Waals surface area (Å²) in [6.45, 7) is 1.66. The highest BCUT2D eigenvalue weighted by atomic mass is 35.5. The molecule has 2 aromatic rings. The fourth-order valence-electron chi connectivity index (χ4n) is 1.84. The van der Waals surface area contributed by atoms with E-state index < -0.39 is 16.8 Å². The van der Waals surface area contributed by atoms with Gasteiger partial charge in [-0.25, -0.2) is 4.39 Å². The van der Waals surface area contributed by atoms with E-state index in [0.717, 1.165) is 0 Å². The second-order valence-electron chi connectivity index (χ2n) is 4.39. The number of para-hydroxylation sites is 2. The van der Waals surface area contributed by atoms with Crippen LogP contribution >= 0.6 is 11.6 Å². The van der Waals surface area contributed by atoms with Crippen molar-refractivity contribution in [2.45, 2.75) is 13.0 Å². The van der Waals surface area contributed by atoms with Gasteiger partial charge in [0.1, 0.15) is 0 Å². The van der Waals surface area contributed by atoms with Gasteiger partial charge in [0.25, 0.3) is 0 Å². The Balaban J connectivity index is 2.56. The number of hydrogen-bond acceptors (Lipinski definition) is 4. The van der Waals surface area contributed by atoms with Gasteiger partial charge in [-0.2, -0.15) is 0 Å². The van der Waals surface area contributed by atoms with Crippen LogP contribution in [0.2, 0.25) is 5.02 Å². The summed E-state index contributed by atoms with van der Waals surface area (Å²) < 4.78 is 19.4. The Labute approximate surface area is 125 Å². The standard InChI is InChI=1S/C14H12ClFN2O3/c1-8(17)9-4-2-6-11(16)13(9)21-14-10(15)5-3-7-12(14)18(19)20/h2-8H,17H2,1H3/t8-/m1/s1. The summed E-state index contributed by atoms with van der Waals surface area (Å²) in [5, 5.41) is 11.0. The highest BCUT2D eigenvalue weighted by Crippen LogP contribution is 2.40. The van der Waals surface area contributed by atoms with Crippen LogP contribution in [0.25, 0.3) is 0 Å². The highest BCUT2D eigenvalue weighted by molar-refractivity contribution is 6.32. The summed E-state index contributed by atoms with van der Waals surface area (Å²) in [6.07, 6.45) is 0. The summed E-state index contributed by atoms with van der Waals surface area (Å²) in [5.41, 5.74) is 5.81. The van der Waals surface area contributed by atoms with Crippen LogP contribution in [0, 0.1) is 15.9 Å². The molecule has 0 aliphatic carbocycles. The van der Waals surface area contributed by atoms with E-state index in [1.807, 2.05) is 0 Å².